The lowest BCUT2D eigenvalue weighted by molar-refractivity contribution is -0.116. The van der Waals surface area contributed by atoms with Gasteiger partial charge in [-0.1, -0.05) is 6.07 Å². The van der Waals surface area contributed by atoms with Crippen LogP contribution in [0, 0.1) is 13.8 Å². The maximum atomic E-state index is 11.4. The van der Waals surface area contributed by atoms with Gasteiger partial charge in [-0.05, 0) is 42.7 Å². The summed E-state index contributed by atoms with van der Waals surface area (Å²) in [6.45, 7) is 3.84. The van der Waals surface area contributed by atoms with Crippen LogP contribution in [0.2, 0.25) is 0 Å². The van der Waals surface area contributed by atoms with Crippen molar-refractivity contribution < 1.29 is 19.1 Å². The van der Waals surface area contributed by atoms with Crippen molar-refractivity contribution in [2.45, 2.75) is 13.8 Å². The second-order valence-electron chi connectivity index (χ2n) is 3.96. The van der Waals surface area contributed by atoms with Gasteiger partial charge in [-0.15, -0.1) is 0 Å². The zero-order chi connectivity index (χ0) is 13.3. The Kier molecular flexibility index (Phi) is 3.06. The second kappa shape index (κ2) is 4.52. The van der Waals surface area contributed by atoms with Crippen molar-refractivity contribution >= 4 is 18.1 Å². The number of rotatable bonds is 2. The molecule has 1 heterocycles. The second-order valence-corrected chi connectivity index (χ2v) is 3.96. The molecule has 1 fully saturated rings. The van der Waals surface area contributed by atoms with Gasteiger partial charge in [0.1, 0.15) is 5.75 Å². The molecule has 5 nitrogen and oxygen atoms in total. The monoisotopic (exact) mass is 247 g/mol. The molecule has 1 saturated heterocycles. The first kappa shape index (κ1) is 12.2. The van der Waals surface area contributed by atoms with Gasteiger partial charge in [0.25, 0.3) is 5.91 Å². The summed E-state index contributed by atoms with van der Waals surface area (Å²) in [6.07, 6.45) is 0.802. The molecule has 0 aromatic heterocycles. The van der Waals surface area contributed by atoms with E-state index in [-0.39, 0.29) is 5.76 Å². The van der Waals surface area contributed by atoms with Gasteiger partial charge in [-0.3, -0.25) is 10.1 Å². The predicted octanol–water partition coefficient (Wildman–Crippen LogP) is 1.92. The molecule has 0 atom stereocenters. The van der Waals surface area contributed by atoms with Crippen LogP contribution in [0.15, 0.2) is 17.9 Å². The highest BCUT2D eigenvalue weighted by Crippen LogP contribution is 2.26. The number of hydrogen-bond acceptors (Lipinski definition) is 4. The van der Waals surface area contributed by atoms with Crippen LogP contribution in [0.3, 0.4) is 0 Å². The molecular formula is C13H13NO4. The molecule has 0 saturated carbocycles. The zero-order valence-electron chi connectivity index (χ0n) is 10.4. The van der Waals surface area contributed by atoms with Gasteiger partial charge in [0.05, 0.1) is 7.11 Å². The topological polar surface area (TPSA) is 64.6 Å². The van der Waals surface area contributed by atoms with E-state index in [9.17, 15) is 9.59 Å². The number of imide groups is 1. The molecule has 1 aromatic rings. The number of carbonyl (C=O) groups excluding carboxylic acids is 2. The van der Waals surface area contributed by atoms with Crippen molar-refractivity contribution in [3.63, 3.8) is 0 Å². The third-order valence-electron chi connectivity index (χ3n) is 2.93. The minimum atomic E-state index is -0.742. The van der Waals surface area contributed by atoms with Gasteiger partial charge in [0.15, 0.2) is 5.76 Å². The van der Waals surface area contributed by atoms with Crippen molar-refractivity contribution in [3.05, 3.63) is 34.6 Å². The molecule has 0 spiro atoms. The van der Waals surface area contributed by atoms with Crippen molar-refractivity contribution in [2.75, 3.05) is 7.11 Å². The van der Waals surface area contributed by atoms with Gasteiger partial charge >= 0.3 is 6.09 Å². The Balaban J connectivity index is 2.41. The first-order valence-corrected chi connectivity index (χ1v) is 5.42. The fourth-order valence-corrected chi connectivity index (χ4v) is 1.76. The largest absolute Gasteiger partial charge is 0.496 e. The van der Waals surface area contributed by atoms with Gasteiger partial charge in [-0.25, -0.2) is 4.79 Å². The highest BCUT2D eigenvalue weighted by molar-refractivity contribution is 6.09. The normalized spacial score (nSPS) is 16.7. The Morgan fingerprint density at radius 1 is 1.22 bits per heavy atom. The summed E-state index contributed by atoms with van der Waals surface area (Å²) in [4.78, 5) is 22.2. The smallest absolute Gasteiger partial charge is 0.419 e. The van der Waals surface area contributed by atoms with Gasteiger partial charge < -0.3 is 9.47 Å². The van der Waals surface area contributed by atoms with E-state index in [2.05, 4.69) is 5.32 Å². The number of amides is 2. The Morgan fingerprint density at radius 2 is 1.94 bits per heavy atom. The number of benzene rings is 1. The summed E-state index contributed by atoms with van der Waals surface area (Å²) >= 11 is 0. The average molecular weight is 247 g/mol. The molecule has 1 aliphatic heterocycles. The number of carbonyl (C=O) groups is 2. The first-order chi connectivity index (χ1) is 8.52. The maximum Gasteiger partial charge on any atom is 0.419 e. The minimum absolute atomic E-state index is 0.00710. The van der Waals surface area contributed by atoms with E-state index in [0.717, 1.165) is 22.4 Å². The Morgan fingerprint density at radius 3 is 2.50 bits per heavy atom. The van der Waals surface area contributed by atoms with Gasteiger partial charge in [-0.2, -0.15) is 0 Å². The SMILES string of the molecule is COc1ccc(C=C2OC(=O)NC2=O)c(C)c1C. The van der Waals surface area contributed by atoms with E-state index >= 15 is 0 Å². The summed E-state index contributed by atoms with van der Waals surface area (Å²) in [6, 6.07) is 3.62. The Bertz CT molecular complexity index is 560. The number of alkyl carbamates (subject to hydrolysis) is 1. The van der Waals surface area contributed by atoms with Crippen molar-refractivity contribution in [3.8, 4) is 5.75 Å². The first-order valence-electron chi connectivity index (χ1n) is 5.42. The maximum absolute atomic E-state index is 11.4. The molecule has 0 unspecified atom stereocenters. The molecule has 94 valence electrons. The van der Waals surface area contributed by atoms with Crippen LogP contribution in [0.1, 0.15) is 16.7 Å². The van der Waals surface area contributed by atoms with E-state index in [4.69, 9.17) is 9.47 Å². The molecule has 0 bridgehead atoms. The third kappa shape index (κ3) is 2.07. The fourth-order valence-electron chi connectivity index (χ4n) is 1.76. The van der Waals surface area contributed by atoms with E-state index in [1.165, 1.54) is 0 Å². The van der Waals surface area contributed by atoms with Crippen LogP contribution < -0.4 is 10.1 Å². The van der Waals surface area contributed by atoms with Crippen LogP contribution in [0.5, 0.6) is 5.75 Å². The molecule has 2 amide bonds. The van der Waals surface area contributed by atoms with Crippen LogP contribution in [-0.4, -0.2) is 19.1 Å². The Labute approximate surface area is 104 Å². The van der Waals surface area contributed by atoms with Crippen LogP contribution in [0.25, 0.3) is 6.08 Å². The minimum Gasteiger partial charge on any atom is -0.496 e. The summed E-state index contributed by atoms with van der Waals surface area (Å²) in [5.74, 6) is 0.267. The Hall–Kier alpha value is -2.30. The van der Waals surface area contributed by atoms with Crippen molar-refractivity contribution in [1.82, 2.24) is 5.32 Å². The molecule has 1 aliphatic rings. The molecular weight excluding hydrogens is 234 g/mol. The summed E-state index contributed by atoms with van der Waals surface area (Å²) in [5.41, 5.74) is 2.77. The molecule has 1 N–H and O–H groups in total. The van der Waals surface area contributed by atoms with E-state index in [1.807, 2.05) is 26.0 Å². The quantitative estimate of drug-likeness (QED) is 0.811. The average Bonchev–Trinajstić information content (AvgIpc) is 2.64. The standard InChI is InChI=1S/C13H13NO4/c1-7-8(2)10(17-3)5-4-9(7)6-11-12(15)14-13(16)18-11/h4-6H,1-3H3,(H,14,15,16). The molecule has 0 aliphatic carbocycles. The summed E-state index contributed by atoms with van der Waals surface area (Å²) in [5, 5.41) is 2.05. The zero-order valence-corrected chi connectivity index (χ0v) is 10.4. The lowest BCUT2D eigenvalue weighted by Gasteiger charge is -2.10. The predicted molar refractivity (Wildman–Crippen MR) is 65.1 cm³/mol. The molecule has 18 heavy (non-hydrogen) atoms. The summed E-state index contributed by atoms with van der Waals surface area (Å²) < 4.78 is 9.96. The van der Waals surface area contributed by atoms with Gasteiger partial charge in [0, 0.05) is 0 Å². The molecule has 0 radical (unpaired) electrons. The lowest BCUT2D eigenvalue weighted by Crippen LogP contribution is -2.18. The highest BCUT2D eigenvalue weighted by atomic mass is 16.6. The fraction of sp³-hybridized carbons (Fsp3) is 0.231. The number of hydrogen-bond donors (Lipinski definition) is 1. The number of ether oxygens (including phenoxy) is 2. The van der Waals surface area contributed by atoms with E-state index < -0.39 is 12.0 Å². The summed E-state index contributed by atoms with van der Waals surface area (Å²) in [7, 11) is 1.60. The molecule has 5 heteroatoms. The lowest BCUT2D eigenvalue weighted by atomic mass is 10.0. The van der Waals surface area contributed by atoms with Crippen molar-refractivity contribution in [2.24, 2.45) is 0 Å². The van der Waals surface area contributed by atoms with Crippen LogP contribution in [-0.2, 0) is 9.53 Å². The number of cyclic esters (lactones) is 1. The van der Waals surface area contributed by atoms with Gasteiger partial charge in [0.2, 0.25) is 0 Å². The number of nitrogens with one attached hydrogen (secondary N) is 1. The van der Waals surface area contributed by atoms with Crippen molar-refractivity contribution in [1.29, 1.82) is 0 Å². The van der Waals surface area contributed by atoms with Crippen LogP contribution >= 0.6 is 0 Å². The van der Waals surface area contributed by atoms with E-state index in [0.29, 0.717) is 0 Å². The highest BCUT2D eigenvalue weighted by Gasteiger charge is 2.26. The number of methoxy groups -OCH3 is 1. The van der Waals surface area contributed by atoms with E-state index in [1.54, 1.807) is 13.2 Å². The third-order valence-corrected chi connectivity index (χ3v) is 2.93. The molecule has 2 rings (SSSR count). The van der Waals surface area contributed by atoms with Crippen LogP contribution in [0.4, 0.5) is 4.79 Å². The molecule has 1 aromatic carbocycles.